The Labute approximate surface area is 144 Å². The second-order valence-electron chi connectivity index (χ2n) is 6.28. The number of carboxylic acid groups (broad SMARTS) is 3. The van der Waals surface area contributed by atoms with Crippen molar-refractivity contribution < 1.29 is 29.7 Å². The molecule has 0 unspecified atom stereocenters. The molecule has 0 saturated heterocycles. The zero-order valence-electron chi connectivity index (χ0n) is 15.6. The summed E-state index contributed by atoms with van der Waals surface area (Å²) in [7, 11) is 0. The molecule has 138 valence electrons. The molecule has 0 amide bonds. The Morgan fingerprint density at radius 3 is 1.21 bits per heavy atom. The predicted octanol–water partition coefficient (Wildman–Crippen LogP) is 3.99. The number of rotatable bonds is 5. The number of allylic oxidation sites excluding steroid dienone is 1. The first kappa shape index (κ1) is 26.5. The summed E-state index contributed by atoms with van der Waals surface area (Å²) < 4.78 is 0. The largest absolute Gasteiger partial charge is 0.478 e. The molecule has 0 spiro atoms. The maximum atomic E-state index is 10.5. The number of hydrogen-bond acceptors (Lipinski definition) is 3. The van der Waals surface area contributed by atoms with Crippen molar-refractivity contribution in [1.29, 1.82) is 0 Å². The fourth-order valence-electron chi connectivity index (χ4n) is 0.786. The van der Waals surface area contributed by atoms with Crippen LogP contribution < -0.4 is 0 Å². The highest BCUT2D eigenvalue weighted by molar-refractivity contribution is 5.86. The Morgan fingerprint density at radius 2 is 1.08 bits per heavy atom. The molecule has 0 aliphatic rings. The van der Waals surface area contributed by atoms with Crippen LogP contribution >= 0.6 is 0 Å². The molecule has 0 aliphatic heterocycles. The van der Waals surface area contributed by atoms with Gasteiger partial charge in [0.15, 0.2) is 0 Å². The summed E-state index contributed by atoms with van der Waals surface area (Å²) in [6.07, 6.45) is 1.82. The van der Waals surface area contributed by atoms with Crippen molar-refractivity contribution in [3.8, 4) is 0 Å². The zero-order chi connectivity index (χ0) is 20.2. The van der Waals surface area contributed by atoms with Crippen molar-refractivity contribution in [2.24, 2.45) is 11.3 Å². The van der Waals surface area contributed by atoms with Gasteiger partial charge < -0.3 is 15.3 Å². The lowest BCUT2D eigenvalue weighted by molar-refractivity contribution is -0.133. The maximum Gasteiger partial charge on any atom is 0.330 e. The molecule has 0 heterocycles. The van der Waals surface area contributed by atoms with Gasteiger partial charge in [0.25, 0.3) is 0 Å². The molecule has 0 aliphatic carbocycles. The third-order valence-corrected chi connectivity index (χ3v) is 3.14. The topological polar surface area (TPSA) is 112 Å². The highest BCUT2D eigenvalue weighted by Crippen LogP contribution is 2.28. The van der Waals surface area contributed by atoms with Crippen molar-refractivity contribution in [2.45, 2.75) is 48.5 Å². The predicted molar refractivity (Wildman–Crippen MR) is 94.9 cm³/mol. The lowest BCUT2D eigenvalue weighted by atomic mass is 9.80. The highest BCUT2D eigenvalue weighted by Gasteiger charge is 2.20. The Bertz CT molecular complexity index is 462. The molecule has 24 heavy (non-hydrogen) atoms. The summed E-state index contributed by atoms with van der Waals surface area (Å²) in [6, 6.07) is 0. The van der Waals surface area contributed by atoms with E-state index in [1.165, 1.54) is 13.8 Å². The summed E-state index contributed by atoms with van der Waals surface area (Å²) in [5.41, 5.74) is 0.737. The van der Waals surface area contributed by atoms with Gasteiger partial charge in [-0.3, -0.25) is 0 Å². The minimum Gasteiger partial charge on any atom is -0.478 e. The fourth-order valence-corrected chi connectivity index (χ4v) is 0.786. The first-order valence-electron chi connectivity index (χ1n) is 7.26. The molecule has 0 fully saturated rings. The first-order chi connectivity index (χ1) is 10.6. The lowest BCUT2D eigenvalue weighted by Gasteiger charge is -2.25. The van der Waals surface area contributed by atoms with E-state index in [4.69, 9.17) is 15.3 Å². The van der Waals surface area contributed by atoms with E-state index in [-0.39, 0.29) is 16.6 Å². The van der Waals surface area contributed by atoms with Gasteiger partial charge in [0.05, 0.1) is 0 Å². The highest BCUT2D eigenvalue weighted by atomic mass is 16.4. The molecular formula is C18H30O6. The van der Waals surface area contributed by atoms with Gasteiger partial charge in [-0.15, -0.1) is 0 Å². The van der Waals surface area contributed by atoms with Crippen molar-refractivity contribution in [2.75, 3.05) is 0 Å². The van der Waals surface area contributed by atoms with Gasteiger partial charge in [0.2, 0.25) is 0 Å². The van der Waals surface area contributed by atoms with Gasteiger partial charge in [0.1, 0.15) is 0 Å². The van der Waals surface area contributed by atoms with Crippen molar-refractivity contribution in [1.82, 2.24) is 0 Å². The SMILES string of the molecule is C=C(C)C(=O)O.C=C(C)C(=O)O.CC(=CC(C)(C)C(C)C)C(=O)O. The molecular weight excluding hydrogens is 312 g/mol. The van der Waals surface area contributed by atoms with Gasteiger partial charge in [-0.25, -0.2) is 14.4 Å². The van der Waals surface area contributed by atoms with E-state index < -0.39 is 17.9 Å². The minimum absolute atomic E-state index is 0.0392. The van der Waals surface area contributed by atoms with Crippen LogP contribution in [0.2, 0.25) is 0 Å². The Balaban J connectivity index is -0.000000309. The molecule has 0 aromatic rings. The molecule has 0 aromatic carbocycles. The first-order valence-corrected chi connectivity index (χ1v) is 7.26. The molecule has 0 aromatic heterocycles. The quantitative estimate of drug-likeness (QED) is 0.651. The van der Waals surface area contributed by atoms with Crippen molar-refractivity contribution in [3.05, 3.63) is 36.0 Å². The average Bonchev–Trinajstić information content (AvgIpc) is 2.38. The molecule has 0 saturated carbocycles. The second kappa shape index (κ2) is 12.1. The third kappa shape index (κ3) is 16.0. The molecule has 6 heteroatoms. The van der Waals surface area contributed by atoms with E-state index in [9.17, 15) is 14.4 Å². The molecule has 0 bridgehead atoms. The smallest absolute Gasteiger partial charge is 0.330 e. The molecule has 0 atom stereocenters. The molecule has 0 rings (SSSR count). The molecule has 6 nitrogen and oxygen atoms in total. The van der Waals surface area contributed by atoms with Crippen LogP contribution in [-0.4, -0.2) is 33.2 Å². The number of carboxylic acids is 3. The second-order valence-corrected chi connectivity index (χ2v) is 6.28. The van der Waals surface area contributed by atoms with Gasteiger partial charge in [-0.05, 0) is 32.1 Å². The average molecular weight is 342 g/mol. The number of aliphatic carboxylic acids is 3. The normalized spacial score (nSPS) is 10.6. The Morgan fingerprint density at radius 1 is 0.833 bits per heavy atom. The zero-order valence-corrected chi connectivity index (χ0v) is 15.6. The monoisotopic (exact) mass is 342 g/mol. The van der Waals surface area contributed by atoms with Gasteiger partial charge in [-0.2, -0.15) is 0 Å². The third-order valence-electron chi connectivity index (χ3n) is 3.14. The van der Waals surface area contributed by atoms with Gasteiger partial charge in [0, 0.05) is 16.7 Å². The standard InChI is InChI=1S/C10H18O2.2C4H6O2/c1-7(2)10(4,5)6-8(3)9(11)12;2*1-3(2)4(5)6/h6-7H,1-5H3,(H,11,12);2*1H2,2H3,(H,5,6). The van der Waals surface area contributed by atoms with Crippen LogP contribution in [0.15, 0.2) is 36.0 Å². The van der Waals surface area contributed by atoms with Crippen LogP contribution in [-0.2, 0) is 14.4 Å². The van der Waals surface area contributed by atoms with Crippen LogP contribution in [0, 0.1) is 11.3 Å². The van der Waals surface area contributed by atoms with Crippen molar-refractivity contribution >= 4 is 17.9 Å². The lowest BCUT2D eigenvalue weighted by Crippen LogP contribution is -2.17. The molecule has 3 N–H and O–H groups in total. The van der Waals surface area contributed by atoms with Crippen LogP contribution in [0.1, 0.15) is 48.5 Å². The number of hydrogen-bond donors (Lipinski definition) is 3. The van der Waals surface area contributed by atoms with E-state index in [1.54, 1.807) is 6.92 Å². The maximum absolute atomic E-state index is 10.5. The summed E-state index contributed by atoms with van der Waals surface area (Å²) in [6.45, 7) is 19.1. The van der Waals surface area contributed by atoms with Crippen LogP contribution in [0.5, 0.6) is 0 Å². The molecule has 0 radical (unpaired) electrons. The summed E-state index contributed by atoms with van der Waals surface area (Å²) in [5.74, 6) is -2.25. The van der Waals surface area contributed by atoms with E-state index >= 15 is 0 Å². The summed E-state index contributed by atoms with van der Waals surface area (Å²) in [4.78, 5) is 29.7. The van der Waals surface area contributed by atoms with Gasteiger partial charge in [-0.1, -0.05) is 46.9 Å². The van der Waals surface area contributed by atoms with Crippen LogP contribution in [0.25, 0.3) is 0 Å². The van der Waals surface area contributed by atoms with Crippen LogP contribution in [0.3, 0.4) is 0 Å². The van der Waals surface area contributed by atoms with E-state index in [0.29, 0.717) is 11.5 Å². The minimum atomic E-state index is -0.935. The van der Waals surface area contributed by atoms with E-state index in [0.717, 1.165) is 0 Å². The fraction of sp³-hybridized carbons (Fsp3) is 0.500. The van der Waals surface area contributed by atoms with Gasteiger partial charge >= 0.3 is 17.9 Å². The van der Waals surface area contributed by atoms with E-state index in [2.05, 4.69) is 27.0 Å². The summed E-state index contributed by atoms with van der Waals surface area (Å²) in [5, 5.41) is 24.4. The van der Waals surface area contributed by atoms with Crippen molar-refractivity contribution in [3.63, 3.8) is 0 Å². The summed E-state index contributed by atoms with van der Waals surface area (Å²) >= 11 is 0. The van der Waals surface area contributed by atoms with E-state index in [1.807, 2.05) is 19.9 Å². The number of carbonyl (C=O) groups is 3. The van der Waals surface area contributed by atoms with Crippen LogP contribution in [0.4, 0.5) is 0 Å². The Kier molecular flexibility index (Phi) is 13.4. The Hall–Kier alpha value is -2.37.